The summed E-state index contributed by atoms with van der Waals surface area (Å²) in [5.41, 5.74) is 7.06. The molecule has 0 atom stereocenters. The molecule has 0 saturated carbocycles. The highest BCUT2D eigenvalue weighted by atomic mass is 35.5. The average Bonchev–Trinajstić information content (AvgIpc) is 2.77. The van der Waals surface area contributed by atoms with Gasteiger partial charge >= 0.3 is 0 Å². The van der Waals surface area contributed by atoms with E-state index < -0.39 is 5.82 Å². The quantitative estimate of drug-likeness (QED) is 0.727. The molecule has 2 aromatic rings. The van der Waals surface area contributed by atoms with E-state index in [0.29, 0.717) is 31.1 Å². The third-order valence-electron chi connectivity index (χ3n) is 6.43. The zero-order chi connectivity index (χ0) is 21.0. The van der Waals surface area contributed by atoms with Gasteiger partial charge in [0, 0.05) is 26.3 Å². The Hall–Kier alpha value is -2.15. The second-order valence-electron chi connectivity index (χ2n) is 8.33. The standard InChI is InChI=1S/C24H29FN2O3.ClH/c25-22-6-5-20(30-19-3-1-18(2-4-19)7-12-26)17-21(22)23(28)27-13-8-24(9-14-27)10-15-29-16-11-24;/h1-6,17H,7-16,26H2;1H. The van der Waals surface area contributed by atoms with E-state index in [0.717, 1.165) is 50.9 Å². The molecule has 4 rings (SSSR count). The van der Waals surface area contributed by atoms with Crippen LogP contribution in [0.1, 0.15) is 41.6 Å². The number of carbonyl (C=O) groups is 1. The van der Waals surface area contributed by atoms with Crippen LogP contribution in [-0.2, 0) is 11.2 Å². The van der Waals surface area contributed by atoms with Crippen LogP contribution in [-0.4, -0.2) is 43.7 Å². The molecule has 0 radical (unpaired) electrons. The van der Waals surface area contributed by atoms with Crippen molar-refractivity contribution in [2.24, 2.45) is 11.1 Å². The van der Waals surface area contributed by atoms with Crippen molar-refractivity contribution in [3.05, 3.63) is 59.4 Å². The van der Waals surface area contributed by atoms with Crippen LogP contribution in [0.15, 0.2) is 42.5 Å². The van der Waals surface area contributed by atoms with Crippen LogP contribution < -0.4 is 10.5 Å². The van der Waals surface area contributed by atoms with E-state index in [1.807, 2.05) is 24.3 Å². The third kappa shape index (κ3) is 5.56. The van der Waals surface area contributed by atoms with Gasteiger partial charge in [-0.3, -0.25) is 4.79 Å². The van der Waals surface area contributed by atoms with Crippen molar-refractivity contribution in [2.45, 2.75) is 32.1 Å². The lowest BCUT2D eigenvalue weighted by atomic mass is 9.72. The molecule has 7 heteroatoms. The normalized spacial score (nSPS) is 17.8. The second-order valence-corrected chi connectivity index (χ2v) is 8.33. The van der Waals surface area contributed by atoms with E-state index in [1.165, 1.54) is 12.1 Å². The van der Waals surface area contributed by atoms with Crippen molar-refractivity contribution in [3.8, 4) is 11.5 Å². The number of rotatable bonds is 5. The Morgan fingerprint density at radius 2 is 1.68 bits per heavy atom. The number of benzene rings is 2. The van der Waals surface area contributed by atoms with Gasteiger partial charge in [-0.1, -0.05) is 12.1 Å². The fraction of sp³-hybridized carbons (Fsp3) is 0.458. The van der Waals surface area contributed by atoms with Gasteiger partial charge in [-0.05, 0) is 80.0 Å². The molecular weight excluding hydrogens is 419 g/mol. The molecule has 1 amide bonds. The lowest BCUT2D eigenvalue weighted by Gasteiger charge is -2.44. The van der Waals surface area contributed by atoms with Crippen molar-refractivity contribution < 1.29 is 18.7 Å². The minimum absolute atomic E-state index is 0. The van der Waals surface area contributed by atoms with Gasteiger partial charge in [0.05, 0.1) is 5.56 Å². The highest BCUT2D eigenvalue weighted by molar-refractivity contribution is 5.95. The summed E-state index contributed by atoms with van der Waals surface area (Å²) in [5.74, 6) is 0.305. The first-order valence-electron chi connectivity index (χ1n) is 10.7. The first kappa shape index (κ1) is 23.5. The topological polar surface area (TPSA) is 64.8 Å². The maximum atomic E-state index is 14.5. The van der Waals surface area contributed by atoms with Crippen molar-refractivity contribution in [1.29, 1.82) is 0 Å². The number of halogens is 2. The summed E-state index contributed by atoms with van der Waals surface area (Å²) in [6, 6.07) is 12.0. The number of hydrogen-bond donors (Lipinski definition) is 1. The third-order valence-corrected chi connectivity index (χ3v) is 6.43. The van der Waals surface area contributed by atoms with Gasteiger partial charge in [0.2, 0.25) is 0 Å². The van der Waals surface area contributed by atoms with Crippen LogP contribution in [0.5, 0.6) is 11.5 Å². The average molecular weight is 449 g/mol. The number of likely N-dealkylation sites (tertiary alicyclic amines) is 1. The summed E-state index contributed by atoms with van der Waals surface area (Å²) >= 11 is 0. The zero-order valence-corrected chi connectivity index (χ0v) is 18.5. The molecule has 2 heterocycles. The monoisotopic (exact) mass is 448 g/mol. The minimum atomic E-state index is -0.517. The maximum Gasteiger partial charge on any atom is 0.256 e. The zero-order valence-electron chi connectivity index (χ0n) is 17.6. The Morgan fingerprint density at radius 3 is 2.32 bits per heavy atom. The lowest BCUT2D eigenvalue weighted by Crippen LogP contribution is -2.45. The highest BCUT2D eigenvalue weighted by Gasteiger charge is 2.37. The Morgan fingerprint density at radius 1 is 1.03 bits per heavy atom. The molecule has 0 aromatic heterocycles. The summed E-state index contributed by atoms with van der Waals surface area (Å²) in [7, 11) is 0. The van der Waals surface area contributed by atoms with Gasteiger partial charge in [-0.25, -0.2) is 4.39 Å². The molecule has 2 fully saturated rings. The van der Waals surface area contributed by atoms with Gasteiger partial charge in [0.15, 0.2) is 0 Å². The first-order chi connectivity index (χ1) is 14.6. The van der Waals surface area contributed by atoms with Gasteiger partial charge in [0.1, 0.15) is 17.3 Å². The summed E-state index contributed by atoms with van der Waals surface area (Å²) in [6.45, 7) is 3.51. The molecule has 0 unspecified atom stereocenters. The van der Waals surface area contributed by atoms with Gasteiger partial charge in [-0.2, -0.15) is 0 Å². The van der Waals surface area contributed by atoms with Crippen LogP contribution in [0.2, 0.25) is 0 Å². The van der Waals surface area contributed by atoms with Crippen molar-refractivity contribution >= 4 is 18.3 Å². The molecule has 0 bridgehead atoms. The van der Waals surface area contributed by atoms with E-state index in [4.69, 9.17) is 15.2 Å². The van der Waals surface area contributed by atoms with Gasteiger partial charge in [0.25, 0.3) is 5.91 Å². The molecule has 0 aliphatic carbocycles. The Labute approximate surface area is 189 Å². The number of nitrogens with two attached hydrogens (primary N) is 1. The molecule has 2 aliphatic rings. The number of nitrogens with zero attached hydrogens (tertiary/aromatic N) is 1. The molecule has 1 spiro atoms. The van der Waals surface area contributed by atoms with Crippen molar-refractivity contribution in [1.82, 2.24) is 4.90 Å². The summed E-state index contributed by atoms with van der Waals surface area (Å²) in [4.78, 5) is 14.8. The highest BCUT2D eigenvalue weighted by Crippen LogP contribution is 2.41. The second kappa shape index (κ2) is 10.4. The summed E-state index contributed by atoms with van der Waals surface area (Å²) in [6.07, 6.45) is 4.82. The fourth-order valence-electron chi connectivity index (χ4n) is 4.42. The van der Waals surface area contributed by atoms with E-state index in [9.17, 15) is 9.18 Å². The maximum absolute atomic E-state index is 14.5. The molecule has 31 heavy (non-hydrogen) atoms. The van der Waals surface area contributed by atoms with E-state index >= 15 is 0 Å². The molecule has 5 nitrogen and oxygen atoms in total. The van der Waals surface area contributed by atoms with E-state index in [1.54, 1.807) is 11.0 Å². The minimum Gasteiger partial charge on any atom is -0.457 e. The summed E-state index contributed by atoms with van der Waals surface area (Å²) < 4.78 is 25.8. The predicted molar refractivity (Wildman–Crippen MR) is 121 cm³/mol. The number of carbonyl (C=O) groups excluding carboxylic acids is 1. The smallest absolute Gasteiger partial charge is 0.256 e. The SMILES string of the molecule is Cl.NCCc1ccc(Oc2ccc(F)c(C(=O)N3CCC4(CCOCC4)CC3)c2)cc1. The Balaban J connectivity index is 0.00000272. The number of piperidine rings is 1. The van der Waals surface area contributed by atoms with E-state index in [-0.39, 0.29) is 29.3 Å². The lowest BCUT2D eigenvalue weighted by molar-refractivity contribution is -0.0176. The molecular formula is C24H30ClFN2O3. The molecule has 2 saturated heterocycles. The van der Waals surface area contributed by atoms with Crippen molar-refractivity contribution in [3.63, 3.8) is 0 Å². The Bertz CT molecular complexity index is 875. The number of hydrogen-bond acceptors (Lipinski definition) is 4. The Kier molecular flexibility index (Phi) is 7.92. The van der Waals surface area contributed by atoms with Crippen LogP contribution in [0.25, 0.3) is 0 Å². The molecule has 2 N–H and O–H groups in total. The van der Waals surface area contributed by atoms with E-state index in [2.05, 4.69) is 0 Å². The van der Waals surface area contributed by atoms with Crippen molar-refractivity contribution in [2.75, 3.05) is 32.8 Å². The number of ether oxygens (including phenoxy) is 2. The van der Waals surface area contributed by atoms with Crippen LogP contribution in [0.3, 0.4) is 0 Å². The molecule has 2 aliphatic heterocycles. The molecule has 168 valence electrons. The predicted octanol–water partition coefficient (Wildman–Crippen LogP) is 4.57. The first-order valence-corrected chi connectivity index (χ1v) is 10.7. The fourth-order valence-corrected chi connectivity index (χ4v) is 4.42. The van der Waals surface area contributed by atoms with Crippen LogP contribution in [0, 0.1) is 11.2 Å². The molecule has 2 aromatic carbocycles. The number of amides is 1. The van der Waals surface area contributed by atoms with Gasteiger partial charge < -0.3 is 20.1 Å². The van der Waals surface area contributed by atoms with Gasteiger partial charge in [-0.15, -0.1) is 12.4 Å². The van der Waals surface area contributed by atoms with Crippen LogP contribution in [0.4, 0.5) is 4.39 Å². The summed E-state index contributed by atoms with van der Waals surface area (Å²) in [5, 5.41) is 0. The largest absolute Gasteiger partial charge is 0.457 e. The van der Waals surface area contributed by atoms with Crippen LogP contribution >= 0.6 is 12.4 Å².